The van der Waals surface area contributed by atoms with Crippen LogP contribution in [0, 0.1) is 17.1 Å². The van der Waals surface area contributed by atoms with E-state index in [9.17, 15) is 32.4 Å². The molecular formula is C32H21F4N3O3. The van der Waals surface area contributed by atoms with Gasteiger partial charge in [0.2, 0.25) is 0 Å². The number of aromatic carboxylic acids is 1. The van der Waals surface area contributed by atoms with Crippen LogP contribution in [0.25, 0.3) is 22.0 Å². The highest BCUT2D eigenvalue weighted by Crippen LogP contribution is 2.32. The van der Waals surface area contributed by atoms with Gasteiger partial charge in [0.05, 0.1) is 27.8 Å². The number of hydrogen-bond acceptors (Lipinski definition) is 3. The summed E-state index contributed by atoms with van der Waals surface area (Å²) in [6.45, 7) is 0.284. The van der Waals surface area contributed by atoms with Gasteiger partial charge in [-0.05, 0) is 76.9 Å². The fourth-order valence-electron chi connectivity index (χ4n) is 4.65. The molecule has 5 rings (SSSR count). The van der Waals surface area contributed by atoms with Crippen LogP contribution in [0.15, 0.2) is 91.1 Å². The number of fused-ring (bicyclic) bond motifs is 1. The third kappa shape index (κ3) is 5.86. The molecule has 0 fully saturated rings. The molecule has 0 aliphatic heterocycles. The topological polar surface area (TPSA) is 95.1 Å². The molecule has 0 spiro atoms. The van der Waals surface area contributed by atoms with Crippen LogP contribution in [0.2, 0.25) is 0 Å². The number of hydrogen-bond donors (Lipinski definition) is 2. The predicted octanol–water partition coefficient (Wildman–Crippen LogP) is 7.01. The Morgan fingerprint density at radius 3 is 2.21 bits per heavy atom. The average Bonchev–Trinajstić information content (AvgIpc) is 3.38. The highest BCUT2D eigenvalue weighted by atomic mass is 19.4. The Morgan fingerprint density at radius 2 is 1.57 bits per heavy atom. The van der Waals surface area contributed by atoms with E-state index in [-0.39, 0.29) is 29.8 Å². The van der Waals surface area contributed by atoms with Crippen LogP contribution in [0.3, 0.4) is 0 Å². The largest absolute Gasteiger partial charge is 0.478 e. The average molecular weight is 572 g/mol. The van der Waals surface area contributed by atoms with Gasteiger partial charge in [0, 0.05) is 24.7 Å². The Bertz CT molecular complexity index is 1850. The zero-order chi connectivity index (χ0) is 30.0. The zero-order valence-electron chi connectivity index (χ0n) is 21.7. The molecule has 210 valence electrons. The normalized spacial score (nSPS) is 11.3. The van der Waals surface area contributed by atoms with Crippen molar-refractivity contribution >= 4 is 22.8 Å². The first kappa shape index (κ1) is 28.1. The highest BCUT2D eigenvalue weighted by molar-refractivity contribution is 6.08. The summed E-state index contributed by atoms with van der Waals surface area (Å²) in [5.74, 6) is -2.20. The number of carbonyl (C=O) groups is 2. The second-order valence-electron chi connectivity index (χ2n) is 9.59. The molecule has 6 nitrogen and oxygen atoms in total. The van der Waals surface area contributed by atoms with Crippen LogP contribution in [0.4, 0.5) is 17.6 Å². The zero-order valence-corrected chi connectivity index (χ0v) is 21.7. The maximum absolute atomic E-state index is 14.0. The van der Waals surface area contributed by atoms with E-state index in [4.69, 9.17) is 5.11 Å². The SMILES string of the molecule is N#Cc1cc(-c2cc(C(=O)NCc3ccc(C(=O)O)cc3)c3c(ccn3Cc3ccc(C(F)(F)F)cc3)c2)ccc1F. The molecule has 1 heterocycles. The molecule has 0 aliphatic carbocycles. The van der Waals surface area contributed by atoms with Gasteiger partial charge in [-0.1, -0.05) is 30.3 Å². The molecule has 42 heavy (non-hydrogen) atoms. The number of rotatable bonds is 7. The quantitative estimate of drug-likeness (QED) is 0.205. The second kappa shape index (κ2) is 11.2. The maximum atomic E-state index is 14.0. The molecule has 5 aromatic rings. The molecule has 0 unspecified atom stereocenters. The van der Waals surface area contributed by atoms with Crippen molar-refractivity contribution in [2.75, 3.05) is 0 Å². The minimum Gasteiger partial charge on any atom is -0.478 e. The first-order chi connectivity index (χ1) is 20.0. The summed E-state index contributed by atoms with van der Waals surface area (Å²) in [6, 6.07) is 21.8. The summed E-state index contributed by atoms with van der Waals surface area (Å²) >= 11 is 0. The van der Waals surface area contributed by atoms with Crippen molar-refractivity contribution in [1.82, 2.24) is 9.88 Å². The summed E-state index contributed by atoms with van der Waals surface area (Å²) in [7, 11) is 0. The summed E-state index contributed by atoms with van der Waals surface area (Å²) in [5, 5.41) is 21.9. The van der Waals surface area contributed by atoms with Gasteiger partial charge in [-0.25, -0.2) is 9.18 Å². The van der Waals surface area contributed by atoms with E-state index in [1.165, 1.54) is 42.5 Å². The summed E-state index contributed by atoms with van der Waals surface area (Å²) in [5.41, 5.74) is 2.31. The molecule has 0 aliphatic rings. The standard InChI is InChI=1S/C32H21F4N3O3/c33-28-10-7-22(13-25(28)16-37)24-14-23-11-12-39(18-20-3-8-26(9-4-20)32(34,35)36)29(23)27(15-24)30(40)38-17-19-1-5-21(6-2-19)31(41)42/h1-15H,17-18H2,(H,38,40)(H,41,42). The number of amides is 1. The minimum absolute atomic E-state index is 0.0964. The smallest absolute Gasteiger partial charge is 0.416 e. The maximum Gasteiger partial charge on any atom is 0.416 e. The monoisotopic (exact) mass is 571 g/mol. The Kier molecular flexibility index (Phi) is 7.51. The summed E-state index contributed by atoms with van der Waals surface area (Å²) < 4.78 is 54.8. The number of nitrogens with zero attached hydrogens (tertiary/aromatic N) is 2. The highest BCUT2D eigenvalue weighted by Gasteiger charge is 2.30. The fourth-order valence-corrected chi connectivity index (χ4v) is 4.65. The molecule has 10 heteroatoms. The molecule has 0 radical (unpaired) electrons. The Morgan fingerprint density at radius 1 is 0.881 bits per heavy atom. The third-order valence-corrected chi connectivity index (χ3v) is 6.81. The third-order valence-electron chi connectivity index (χ3n) is 6.81. The van der Waals surface area contributed by atoms with E-state index >= 15 is 0 Å². The van der Waals surface area contributed by atoms with E-state index in [0.717, 1.165) is 12.1 Å². The summed E-state index contributed by atoms with van der Waals surface area (Å²) in [4.78, 5) is 24.7. The lowest BCUT2D eigenvalue weighted by Gasteiger charge is -2.14. The van der Waals surface area contributed by atoms with Crippen molar-refractivity contribution in [3.63, 3.8) is 0 Å². The lowest BCUT2D eigenvalue weighted by molar-refractivity contribution is -0.137. The van der Waals surface area contributed by atoms with Gasteiger partial charge in [0.25, 0.3) is 5.91 Å². The number of nitriles is 1. The molecule has 4 aromatic carbocycles. The van der Waals surface area contributed by atoms with Crippen molar-refractivity contribution in [2.24, 2.45) is 0 Å². The van der Waals surface area contributed by atoms with Crippen LogP contribution in [-0.4, -0.2) is 21.6 Å². The van der Waals surface area contributed by atoms with Gasteiger partial charge < -0.3 is 15.0 Å². The molecule has 1 aromatic heterocycles. The number of carboxylic acid groups (broad SMARTS) is 1. The number of alkyl halides is 3. The number of halogens is 4. The van der Waals surface area contributed by atoms with Crippen LogP contribution < -0.4 is 5.32 Å². The first-order valence-corrected chi connectivity index (χ1v) is 12.6. The minimum atomic E-state index is -4.46. The van der Waals surface area contributed by atoms with E-state index < -0.39 is 29.4 Å². The number of carboxylic acids is 1. The van der Waals surface area contributed by atoms with Crippen molar-refractivity contribution in [3.05, 3.63) is 130 Å². The van der Waals surface area contributed by atoms with E-state index in [0.29, 0.717) is 33.2 Å². The van der Waals surface area contributed by atoms with Crippen molar-refractivity contribution in [2.45, 2.75) is 19.3 Å². The van der Waals surface area contributed by atoms with Gasteiger partial charge in [-0.15, -0.1) is 0 Å². The number of nitrogens with one attached hydrogen (secondary N) is 1. The van der Waals surface area contributed by atoms with Gasteiger partial charge in [0.15, 0.2) is 0 Å². The van der Waals surface area contributed by atoms with Crippen LogP contribution >= 0.6 is 0 Å². The van der Waals surface area contributed by atoms with Gasteiger partial charge in [-0.3, -0.25) is 4.79 Å². The lowest BCUT2D eigenvalue weighted by atomic mass is 9.98. The van der Waals surface area contributed by atoms with Crippen LogP contribution in [-0.2, 0) is 19.3 Å². The number of carbonyl (C=O) groups excluding carboxylic acids is 1. The van der Waals surface area contributed by atoms with Crippen LogP contribution in [0.5, 0.6) is 0 Å². The van der Waals surface area contributed by atoms with Gasteiger partial charge >= 0.3 is 12.1 Å². The van der Waals surface area contributed by atoms with Crippen molar-refractivity contribution in [3.8, 4) is 17.2 Å². The molecule has 1 amide bonds. The summed E-state index contributed by atoms with van der Waals surface area (Å²) in [6.07, 6.45) is -2.74. The number of benzene rings is 4. The molecule has 0 saturated heterocycles. The molecule has 0 saturated carbocycles. The molecule has 0 atom stereocenters. The predicted molar refractivity (Wildman–Crippen MR) is 147 cm³/mol. The van der Waals surface area contributed by atoms with E-state index in [1.54, 1.807) is 41.1 Å². The van der Waals surface area contributed by atoms with Gasteiger partial charge in [0.1, 0.15) is 11.9 Å². The Hall–Kier alpha value is -5.43. The molecular weight excluding hydrogens is 550 g/mol. The first-order valence-electron chi connectivity index (χ1n) is 12.6. The Labute approximate surface area is 237 Å². The van der Waals surface area contributed by atoms with Gasteiger partial charge in [-0.2, -0.15) is 18.4 Å². The lowest BCUT2D eigenvalue weighted by Crippen LogP contribution is -2.23. The number of aromatic nitrogens is 1. The van der Waals surface area contributed by atoms with Crippen LogP contribution in [0.1, 0.15) is 43.0 Å². The fraction of sp³-hybridized carbons (Fsp3) is 0.0938. The van der Waals surface area contributed by atoms with E-state index in [1.807, 2.05) is 6.07 Å². The van der Waals surface area contributed by atoms with E-state index in [2.05, 4.69) is 5.32 Å². The molecule has 2 N–H and O–H groups in total. The van der Waals surface area contributed by atoms with Crippen molar-refractivity contribution < 1.29 is 32.3 Å². The molecule has 0 bridgehead atoms. The Balaban J connectivity index is 1.53. The second-order valence-corrected chi connectivity index (χ2v) is 9.59. The van der Waals surface area contributed by atoms with Crippen molar-refractivity contribution in [1.29, 1.82) is 5.26 Å².